The van der Waals surface area contributed by atoms with Gasteiger partial charge in [-0.1, -0.05) is 31.8 Å². The molecule has 0 aliphatic heterocycles. The second kappa shape index (κ2) is 6.84. The fourth-order valence-corrected chi connectivity index (χ4v) is 2.08. The topological polar surface area (TPSA) is 70.6 Å². The summed E-state index contributed by atoms with van der Waals surface area (Å²) in [6, 6.07) is 0. The monoisotopic (exact) mass is 241 g/mol. The molecule has 0 aromatic rings. The normalized spacial score (nSPS) is 18.1. The van der Waals surface area contributed by atoms with Crippen LogP contribution in [-0.2, 0) is 0 Å². The molecular weight excluding hydrogens is 214 g/mol. The molecule has 17 heavy (non-hydrogen) atoms. The van der Waals surface area contributed by atoms with E-state index in [9.17, 15) is 0 Å². The van der Waals surface area contributed by atoms with Crippen LogP contribution in [0.1, 0.15) is 52.4 Å². The molecule has 4 nitrogen and oxygen atoms in total. The summed E-state index contributed by atoms with van der Waals surface area (Å²) < 4.78 is 0. The van der Waals surface area contributed by atoms with Crippen LogP contribution in [0.3, 0.4) is 0 Å². The zero-order chi connectivity index (χ0) is 12.7. The number of amidine groups is 1. The average Bonchev–Trinajstić information content (AvgIpc) is 2.24. The van der Waals surface area contributed by atoms with Crippen LogP contribution in [0.15, 0.2) is 5.16 Å². The Morgan fingerprint density at radius 2 is 2.12 bits per heavy atom. The van der Waals surface area contributed by atoms with Crippen LogP contribution < -0.4 is 11.1 Å². The number of nitrogens with one attached hydrogen (secondary N) is 1. The molecule has 1 saturated carbocycles. The van der Waals surface area contributed by atoms with Crippen LogP contribution in [0.25, 0.3) is 0 Å². The van der Waals surface area contributed by atoms with Crippen molar-refractivity contribution in [3.8, 4) is 0 Å². The molecule has 0 saturated heterocycles. The first-order valence-electron chi connectivity index (χ1n) is 6.75. The summed E-state index contributed by atoms with van der Waals surface area (Å²) in [5.74, 6) is 1.27. The van der Waals surface area contributed by atoms with Gasteiger partial charge in [0.25, 0.3) is 0 Å². The molecule has 1 aliphatic rings. The molecule has 0 spiro atoms. The standard InChI is InChI=1S/C13H27N3O/c1-13(2,12(14)16-17)8-3-4-9-15-10-11-6-5-7-11/h11,15,17H,3-10H2,1-2H3,(H2,14,16). The fraction of sp³-hybridized carbons (Fsp3) is 0.923. The quantitative estimate of drug-likeness (QED) is 0.201. The SMILES string of the molecule is CC(C)(CCCCNCC1CCC1)C(N)=NO. The van der Waals surface area contributed by atoms with Gasteiger partial charge < -0.3 is 16.3 Å². The molecule has 1 fully saturated rings. The van der Waals surface area contributed by atoms with E-state index in [-0.39, 0.29) is 5.41 Å². The van der Waals surface area contributed by atoms with Gasteiger partial charge in [0.05, 0.1) is 0 Å². The first-order chi connectivity index (χ1) is 8.06. The van der Waals surface area contributed by atoms with Gasteiger partial charge in [0.1, 0.15) is 5.84 Å². The lowest BCUT2D eigenvalue weighted by molar-refractivity contribution is 0.297. The second-order valence-electron chi connectivity index (χ2n) is 5.83. The Morgan fingerprint density at radius 3 is 2.65 bits per heavy atom. The summed E-state index contributed by atoms with van der Waals surface area (Å²) in [5, 5.41) is 15.3. The lowest BCUT2D eigenvalue weighted by atomic mass is 9.85. The van der Waals surface area contributed by atoms with Crippen LogP contribution in [0.5, 0.6) is 0 Å². The average molecular weight is 241 g/mol. The number of rotatable bonds is 8. The smallest absolute Gasteiger partial charge is 0.144 e. The molecular formula is C13H27N3O. The van der Waals surface area contributed by atoms with Crippen molar-refractivity contribution in [3.63, 3.8) is 0 Å². The van der Waals surface area contributed by atoms with E-state index in [1.807, 2.05) is 13.8 Å². The van der Waals surface area contributed by atoms with Gasteiger partial charge in [-0.2, -0.15) is 0 Å². The second-order valence-corrected chi connectivity index (χ2v) is 5.83. The minimum Gasteiger partial charge on any atom is -0.409 e. The highest BCUT2D eigenvalue weighted by molar-refractivity contribution is 5.85. The van der Waals surface area contributed by atoms with Crippen LogP contribution >= 0.6 is 0 Å². The summed E-state index contributed by atoms with van der Waals surface area (Å²) >= 11 is 0. The van der Waals surface area contributed by atoms with Gasteiger partial charge in [0, 0.05) is 5.41 Å². The Labute approximate surface area is 105 Å². The Hall–Kier alpha value is -0.770. The van der Waals surface area contributed by atoms with Gasteiger partial charge >= 0.3 is 0 Å². The van der Waals surface area contributed by atoms with E-state index in [1.165, 1.54) is 25.8 Å². The van der Waals surface area contributed by atoms with Crippen molar-refractivity contribution < 1.29 is 5.21 Å². The van der Waals surface area contributed by atoms with Gasteiger partial charge in [0.2, 0.25) is 0 Å². The number of hydrogen-bond donors (Lipinski definition) is 3. The molecule has 0 aromatic heterocycles. The third-order valence-electron chi connectivity index (χ3n) is 3.86. The van der Waals surface area contributed by atoms with Crippen LogP contribution in [0.4, 0.5) is 0 Å². The van der Waals surface area contributed by atoms with E-state index in [2.05, 4.69) is 10.5 Å². The maximum absolute atomic E-state index is 8.66. The molecule has 0 radical (unpaired) electrons. The number of unbranched alkanes of at least 4 members (excludes halogenated alkanes) is 1. The van der Waals surface area contributed by atoms with Gasteiger partial charge in [-0.3, -0.25) is 0 Å². The van der Waals surface area contributed by atoms with Crippen molar-refractivity contribution in [3.05, 3.63) is 0 Å². The van der Waals surface area contributed by atoms with Gasteiger partial charge in [0.15, 0.2) is 0 Å². The number of oxime groups is 1. The van der Waals surface area contributed by atoms with Gasteiger partial charge in [-0.25, -0.2) is 0 Å². The predicted octanol–water partition coefficient (Wildman–Crippen LogP) is 2.32. The first-order valence-corrected chi connectivity index (χ1v) is 6.75. The molecule has 1 rings (SSSR count). The van der Waals surface area contributed by atoms with Crippen molar-refractivity contribution in [1.29, 1.82) is 0 Å². The maximum atomic E-state index is 8.66. The zero-order valence-electron chi connectivity index (χ0n) is 11.2. The Balaban J connectivity index is 1.99. The highest BCUT2D eigenvalue weighted by atomic mass is 16.4. The van der Waals surface area contributed by atoms with Crippen molar-refractivity contribution in [2.24, 2.45) is 22.2 Å². The molecule has 0 bridgehead atoms. The molecule has 4 heteroatoms. The predicted molar refractivity (Wildman–Crippen MR) is 71.3 cm³/mol. The first kappa shape index (κ1) is 14.3. The van der Waals surface area contributed by atoms with Gasteiger partial charge in [-0.15, -0.1) is 0 Å². The largest absolute Gasteiger partial charge is 0.409 e. The number of hydrogen-bond acceptors (Lipinski definition) is 3. The van der Waals surface area contributed by atoms with E-state index < -0.39 is 0 Å². The van der Waals surface area contributed by atoms with E-state index >= 15 is 0 Å². The number of nitrogens with zero attached hydrogens (tertiary/aromatic N) is 1. The van der Waals surface area contributed by atoms with Crippen molar-refractivity contribution in [2.75, 3.05) is 13.1 Å². The highest BCUT2D eigenvalue weighted by Gasteiger charge is 2.22. The van der Waals surface area contributed by atoms with E-state index in [0.29, 0.717) is 5.84 Å². The lowest BCUT2D eigenvalue weighted by Gasteiger charge is -2.25. The van der Waals surface area contributed by atoms with E-state index in [4.69, 9.17) is 10.9 Å². The molecule has 1 aliphatic carbocycles. The molecule has 0 atom stereocenters. The Morgan fingerprint density at radius 1 is 1.41 bits per heavy atom. The van der Waals surface area contributed by atoms with Crippen LogP contribution in [0, 0.1) is 11.3 Å². The fourth-order valence-electron chi connectivity index (χ4n) is 2.08. The van der Waals surface area contributed by atoms with Crippen molar-refractivity contribution >= 4 is 5.84 Å². The highest BCUT2D eigenvalue weighted by Crippen LogP contribution is 2.25. The third-order valence-corrected chi connectivity index (χ3v) is 3.86. The van der Waals surface area contributed by atoms with E-state index in [0.717, 1.165) is 31.7 Å². The van der Waals surface area contributed by atoms with Crippen LogP contribution in [-0.4, -0.2) is 24.1 Å². The number of nitrogens with two attached hydrogens (primary N) is 1. The summed E-state index contributed by atoms with van der Waals surface area (Å²) in [6.45, 7) is 6.31. The molecule has 0 unspecified atom stereocenters. The summed E-state index contributed by atoms with van der Waals surface area (Å²) in [6.07, 6.45) is 7.47. The third kappa shape index (κ3) is 4.94. The molecule has 0 aromatic carbocycles. The molecule has 4 N–H and O–H groups in total. The minimum atomic E-state index is -0.192. The lowest BCUT2D eigenvalue weighted by Crippen LogP contribution is -2.32. The molecule has 0 amide bonds. The van der Waals surface area contributed by atoms with Crippen molar-refractivity contribution in [1.82, 2.24) is 5.32 Å². The maximum Gasteiger partial charge on any atom is 0.144 e. The Bertz CT molecular complexity index is 247. The minimum absolute atomic E-state index is 0.192. The zero-order valence-corrected chi connectivity index (χ0v) is 11.2. The van der Waals surface area contributed by atoms with E-state index in [1.54, 1.807) is 0 Å². The summed E-state index contributed by atoms with van der Waals surface area (Å²) in [5.41, 5.74) is 5.45. The van der Waals surface area contributed by atoms with Crippen LogP contribution in [0.2, 0.25) is 0 Å². The van der Waals surface area contributed by atoms with Gasteiger partial charge in [-0.05, 0) is 44.7 Å². The Kier molecular flexibility index (Phi) is 5.75. The van der Waals surface area contributed by atoms with Crippen molar-refractivity contribution in [2.45, 2.75) is 52.4 Å². The summed E-state index contributed by atoms with van der Waals surface area (Å²) in [7, 11) is 0. The summed E-state index contributed by atoms with van der Waals surface area (Å²) in [4.78, 5) is 0. The molecule has 100 valence electrons. The molecule has 0 heterocycles.